The van der Waals surface area contributed by atoms with Crippen LogP contribution in [0.25, 0.3) is 11.2 Å². The van der Waals surface area contributed by atoms with E-state index in [4.69, 9.17) is 0 Å². The fourth-order valence-corrected chi connectivity index (χ4v) is 1.34. The van der Waals surface area contributed by atoms with E-state index in [1.165, 1.54) is 6.33 Å². The molecule has 2 heterocycles. The Kier molecular flexibility index (Phi) is 1.70. The zero-order valence-electron chi connectivity index (χ0n) is 8.40. The molecule has 0 aliphatic carbocycles. The van der Waals surface area contributed by atoms with Gasteiger partial charge in [-0.05, 0) is 20.8 Å². The van der Waals surface area contributed by atoms with Crippen LogP contribution in [0, 0.1) is 0 Å². The molecule has 74 valence electrons. The average molecular weight is 192 g/mol. The summed E-state index contributed by atoms with van der Waals surface area (Å²) in [6, 6.07) is 0. The second-order valence-electron chi connectivity index (χ2n) is 4.19. The molecule has 0 amide bonds. The zero-order valence-corrected chi connectivity index (χ0v) is 8.40. The Balaban J connectivity index is 2.83. The molecule has 0 saturated carbocycles. The second kappa shape index (κ2) is 2.67. The summed E-state index contributed by atoms with van der Waals surface area (Å²) in [4.78, 5) is 22.0. The number of nitrogens with one attached hydrogen (secondary N) is 1. The van der Waals surface area contributed by atoms with Crippen molar-refractivity contribution in [2.24, 2.45) is 0 Å². The van der Waals surface area contributed by atoms with Gasteiger partial charge in [0, 0.05) is 5.54 Å². The number of aromatic nitrogens is 4. The van der Waals surface area contributed by atoms with Gasteiger partial charge in [0.1, 0.15) is 0 Å². The van der Waals surface area contributed by atoms with E-state index in [1.54, 1.807) is 6.33 Å². The van der Waals surface area contributed by atoms with Gasteiger partial charge in [-0.15, -0.1) is 0 Å². The van der Waals surface area contributed by atoms with E-state index in [0.29, 0.717) is 11.2 Å². The molecule has 2 rings (SSSR count). The Labute approximate surface area is 80.8 Å². The standard InChI is InChI=1S/C9H12N4O/c1-9(2,3)13-5-12-6-7(13)10-4-11-8(6)14/h4-5H,1-3H3,(H,10,11,14). The molecule has 0 spiro atoms. The number of nitrogens with zero attached hydrogens (tertiary/aromatic N) is 3. The predicted octanol–water partition coefficient (Wildman–Crippen LogP) is 0.875. The molecular weight excluding hydrogens is 180 g/mol. The Bertz CT molecular complexity index is 517. The van der Waals surface area contributed by atoms with Crippen LogP contribution in [0.5, 0.6) is 0 Å². The smallest absolute Gasteiger partial charge is 0.278 e. The fraction of sp³-hybridized carbons (Fsp3) is 0.444. The van der Waals surface area contributed by atoms with Crippen LogP contribution in [0.2, 0.25) is 0 Å². The topological polar surface area (TPSA) is 63.6 Å². The van der Waals surface area contributed by atoms with Crippen molar-refractivity contribution in [3.63, 3.8) is 0 Å². The number of hydrogen-bond donors (Lipinski definition) is 1. The fourth-order valence-electron chi connectivity index (χ4n) is 1.34. The van der Waals surface area contributed by atoms with Crippen LogP contribution in [0.1, 0.15) is 20.8 Å². The van der Waals surface area contributed by atoms with Crippen molar-refractivity contribution in [3.8, 4) is 0 Å². The monoisotopic (exact) mass is 192 g/mol. The van der Waals surface area contributed by atoms with Crippen LogP contribution in [-0.2, 0) is 5.54 Å². The van der Waals surface area contributed by atoms with Gasteiger partial charge in [0.15, 0.2) is 11.2 Å². The molecule has 1 N–H and O–H groups in total. The minimum Gasteiger partial charge on any atom is -0.311 e. The Hall–Kier alpha value is -1.65. The van der Waals surface area contributed by atoms with Crippen LogP contribution in [0.15, 0.2) is 17.4 Å². The number of imidazole rings is 1. The van der Waals surface area contributed by atoms with E-state index in [2.05, 4.69) is 15.0 Å². The van der Waals surface area contributed by atoms with Crippen molar-refractivity contribution in [2.45, 2.75) is 26.3 Å². The molecule has 0 aliphatic rings. The highest BCUT2D eigenvalue weighted by Crippen LogP contribution is 2.17. The Morgan fingerprint density at radius 1 is 1.36 bits per heavy atom. The number of aromatic amines is 1. The Morgan fingerprint density at radius 2 is 2.07 bits per heavy atom. The lowest BCUT2D eigenvalue weighted by molar-refractivity contribution is 0.406. The van der Waals surface area contributed by atoms with Crippen molar-refractivity contribution in [3.05, 3.63) is 23.0 Å². The van der Waals surface area contributed by atoms with Crippen LogP contribution >= 0.6 is 0 Å². The molecule has 2 aromatic heterocycles. The molecule has 0 aliphatic heterocycles. The first kappa shape index (κ1) is 8.93. The van der Waals surface area contributed by atoms with Crippen LogP contribution in [0.4, 0.5) is 0 Å². The minimum absolute atomic E-state index is 0.116. The van der Waals surface area contributed by atoms with Gasteiger partial charge >= 0.3 is 0 Å². The quantitative estimate of drug-likeness (QED) is 0.673. The first-order chi connectivity index (χ1) is 6.50. The highest BCUT2D eigenvalue weighted by molar-refractivity contribution is 5.69. The van der Waals surface area contributed by atoms with E-state index in [0.717, 1.165) is 0 Å². The van der Waals surface area contributed by atoms with Crippen molar-refractivity contribution in [1.29, 1.82) is 0 Å². The highest BCUT2D eigenvalue weighted by Gasteiger charge is 2.17. The molecule has 0 fully saturated rings. The van der Waals surface area contributed by atoms with Crippen LogP contribution in [0.3, 0.4) is 0 Å². The maximum Gasteiger partial charge on any atom is 0.278 e. The summed E-state index contributed by atoms with van der Waals surface area (Å²) in [6.45, 7) is 6.12. The third-order valence-corrected chi connectivity index (χ3v) is 2.06. The largest absolute Gasteiger partial charge is 0.311 e. The molecule has 0 atom stereocenters. The number of fused-ring (bicyclic) bond motifs is 1. The molecule has 14 heavy (non-hydrogen) atoms. The molecule has 0 bridgehead atoms. The van der Waals surface area contributed by atoms with E-state index in [1.807, 2.05) is 25.3 Å². The molecular formula is C9H12N4O. The summed E-state index contributed by atoms with van der Waals surface area (Å²) in [5.41, 5.74) is 0.705. The molecule has 2 aromatic rings. The minimum atomic E-state index is -0.196. The summed E-state index contributed by atoms with van der Waals surface area (Å²) in [5.74, 6) is 0. The molecule has 0 saturated heterocycles. The van der Waals surface area contributed by atoms with Crippen molar-refractivity contribution < 1.29 is 0 Å². The van der Waals surface area contributed by atoms with E-state index >= 15 is 0 Å². The molecule has 5 nitrogen and oxygen atoms in total. The number of rotatable bonds is 0. The summed E-state index contributed by atoms with van der Waals surface area (Å²) in [5, 5.41) is 0. The van der Waals surface area contributed by atoms with E-state index in [9.17, 15) is 4.79 Å². The first-order valence-electron chi connectivity index (χ1n) is 4.41. The van der Waals surface area contributed by atoms with Gasteiger partial charge in [-0.3, -0.25) is 4.79 Å². The molecule has 5 heteroatoms. The summed E-state index contributed by atoms with van der Waals surface area (Å²) < 4.78 is 1.89. The molecule has 0 radical (unpaired) electrons. The van der Waals surface area contributed by atoms with Gasteiger partial charge in [-0.2, -0.15) is 0 Å². The third-order valence-electron chi connectivity index (χ3n) is 2.06. The predicted molar refractivity (Wildman–Crippen MR) is 53.1 cm³/mol. The van der Waals surface area contributed by atoms with Crippen molar-refractivity contribution in [2.75, 3.05) is 0 Å². The maximum atomic E-state index is 11.3. The highest BCUT2D eigenvalue weighted by atomic mass is 16.1. The lowest BCUT2D eigenvalue weighted by Crippen LogP contribution is -2.21. The first-order valence-corrected chi connectivity index (χ1v) is 4.41. The number of H-pyrrole nitrogens is 1. The van der Waals surface area contributed by atoms with Gasteiger partial charge in [0.05, 0.1) is 12.7 Å². The average Bonchev–Trinajstić information content (AvgIpc) is 2.47. The van der Waals surface area contributed by atoms with Gasteiger partial charge in [0.2, 0.25) is 0 Å². The van der Waals surface area contributed by atoms with Crippen molar-refractivity contribution in [1.82, 2.24) is 19.5 Å². The Morgan fingerprint density at radius 3 is 2.71 bits per heavy atom. The SMILES string of the molecule is CC(C)(C)n1cnc2c(=O)[nH]cnc21. The number of hydrogen-bond acceptors (Lipinski definition) is 3. The molecule has 0 unspecified atom stereocenters. The van der Waals surface area contributed by atoms with E-state index in [-0.39, 0.29) is 11.1 Å². The summed E-state index contributed by atoms with van der Waals surface area (Å²) >= 11 is 0. The second-order valence-corrected chi connectivity index (χ2v) is 4.19. The lowest BCUT2D eigenvalue weighted by atomic mass is 10.1. The van der Waals surface area contributed by atoms with Gasteiger partial charge < -0.3 is 9.55 Å². The van der Waals surface area contributed by atoms with Crippen molar-refractivity contribution >= 4 is 11.2 Å². The lowest BCUT2D eigenvalue weighted by Gasteiger charge is -2.20. The van der Waals surface area contributed by atoms with E-state index < -0.39 is 0 Å². The summed E-state index contributed by atoms with van der Waals surface area (Å²) in [6.07, 6.45) is 3.04. The van der Waals surface area contributed by atoms with Crippen LogP contribution < -0.4 is 5.56 Å². The maximum absolute atomic E-state index is 11.3. The van der Waals surface area contributed by atoms with Gasteiger partial charge in [0.25, 0.3) is 5.56 Å². The van der Waals surface area contributed by atoms with Crippen LogP contribution in [-0.4, -0.2) is 19.5 Å². The normalized spacial score (nSPS) is 12.2. The van der Waals surface area contributed by atoms with Gasteiger partial charge in [-0.1, -0.05) is 0 Å². The van der Waals surface area contributed by atoms with Gasteiger partial charge in [-0.25, -0.2) is 9.97 Å². The summed E-state index contributed by atoms with van der Waals surface area (Å²) in [7, 11) is 0. The third kappa shape index (κ3) is 1.21. The molecule has 0 aromatic carbocycles. The zero-order chi connectivity index (χ0) is 10.3.